The zero-order valence-corrected chi connectivity index (χ0v) is 15.3. The van der Waals surface area contributed by atoms with Crippen LogP contribution in [0.2, 0.25) is 0 Å². The molecule has 3 heterocycles. The SMILES string of the molecule is CN(C)c1ncccc1C(=O)NCC(c1cccnc1)N1CCOCC1. The topological polar surface area (TPSA) is 70.6 Å². The number of nitrogens with zero attached hydrogens (tertiary/aromatic N) is 4. The predicted molar refractivity (Wildman–Crippen MR) is 100 cm³/mol. The maximum absolute atomic E-state index is 12.8. The molecule has 0 spiro atoms. The first-order valence-corrected chi connectivity index (χ1v) is 8.79. The molecule has 2 aromatic rings. The van der Waals surface area contributed by atoms with Gasteiger partial charge in [-0.25, -0.2) is 4.98 Å². The molecule has 3 rings (SSSR count). The fourth-order valence-electron chi connectivity index (χ4n) is 3.14. The molecule has 7 heteroatoms. The molecule has 1 aliphatic heterocycles. The summed E-state index contributed by atoms with van der Waals surface area (Å²) in [5, 5.41) is 3.07. The van der Waals surface area contributed by atoms with Gasteiger partial charge in [0.1, 0.15) is 5.82 Å². The summed E-state index contributed by atoms with van der Waals surface area (Å²) in [6.45, 7) is 3.60. The van der Waals surface area contributed by atoms with Gasteiger partial charge >= 0.3 is 0 Å². The molecule has 0 radical (unpaired) electrons. The summed E-state index contributed by atoms with van der Waals surface area (Å²) < 4.78 is 5.46. The lowest BCUT2D eigenvalue weighted by Crippen LogP contribution is -2.44. The maximum atomic E-state index is 12.8. The average Bonchev–Trinajstić information content (AvgIpc) is 2.69. The highest BCUT2D eigenvalue weighted by Crippen LogP contribution is 2.21. The number of carbonyl (C=O) groups excluding carboxylic acids is 1. The number of anilines is 1. The quantitative estimate of drug-likeness (QED) is 0.843. The third-order valence-corrected chi connectivity index (χ3v) is 4.47. The molecule has 1 N–H and O–H groups in total. The molecule has 0 bridgehead atoms. The average molecular weight is 355 g/mol. The van der Waals surface area contributed by atoms with Gasteiger partial charge in [0, 0.05) is 52.3 Å². The largest absolute Gasteiger partial charge is 0.379 e. The Hall–Kier alpha value is -2.51. The van der Waals surface area contributed by atoms with Gasteiger partial charge in [0.25, 0.3) is 5.91 Å². The predicted octanol–water partition coefficient (Wildman–Crippen LogP) is 1.35. The Balaban J connectivity index is 1.74. The van der Waals surface area contributed by atoms with Crippen LogP contribution in [0.5, 0.6) is 0 Å². The van der Waals surface area contributed by atoms with Crippen molar-refractivity contribution in [3.05, 3.63) is 54.0 Å². The van der Waals surface area contributed by atoms with Crippen molar-refractivity contribution in [1.82, 2.24) is 20.2 Å². The first kappa shape index (κ1) is 18.3. The van der Waals surface area contributed by atoms with Crippen LogP contribution in [0.1, 0.15) is 22.0 Å². The summed E-state index contributed by atoms with van der Waals surface area (Å²) in [5.74, 6) is 0.540. The van der Waals surface area contributed by atoms with E-state index in [0.717, 1.165) is 18.7 Å². The number of ether oxygens (including phenoxy) is 1. The second kappa shape index (κ2) is 8.73. The summed E-state index contributed by atoms with van der Waals surface area (Å²) in [5.41, 5.74) is 1.66. The van der Waals surface area contributed by atoms with E-state index in [-0.39, 0.29) is 11.9 Å². The lowest BCUT2D eigenvalue weighted by molar-refractivity contribution is 0.0161. The van der Waals surface area contributed by atoms with E-state index in [4.69, 9.17) is 4.74 Å². The first-order valence-electron chi connectivity index (χ1n) is 8.79. The highest BCUT2D eigenvalue weighted by atomic mass is 16.5. The lowest BCUT2D eigenvalue weighted by atomic mass is 10.1. The molecule has 1 aliphatic rings. The molecule has 7 nitrogen and oxygen atoms in total. The normalized spacial score (nSPS) is 16.1. The number of pyridine rings is 2. The van der Waals surface area contributed by atoms with Crippen LogP contribution >= 0.6 is 0 Å². The van der Waals surface area contributed by atoms with Crippen molar-refractivity contribution in [2.75, 3.05) is 51.8 Å². The van der Waals surface area contributed by atoms with Gasteiger partial charge in [0.15, 0.2) is 0 Å². The molecule has 1 amide bonds. The van der Waals surface area contributed by atoms with Gasteiger partial charge in [-0.05, 0) is 23.8 Å². The number of hydrogen-bond donors (Lipinski definition) is 1. The Labute approximate surface area is 154 Å². The van der Waals surface area contributed by atoms with Crippen LogP contribution in [0.4, 0.5) is 5.82 Å². The highest BCUT2D eigenvalue weighted by Gasteiger charge is 2.24. The van der Waals surface area contributed by atoms with Crippen molar-refractivity contribution in [3.8, 4) is 0 Å². The van der Waals surface area contributed by atoms with E-state index in [9.17, 15) is 4.79 Å². The molecule has 0 aromatic carbocycles. The number of amides is 1. The third-order valence-electron chi connectivity index (χ3n) is 4.47. The van der Waals surface area contributed by atoms with Crippen LogP contribution < -0.4 is 10.2 Å². The zero-order valence-electron chi connectivity index (χ0n) is 15.3. The summed E-state index contributed by atoms with van der Waals surface area (Å²) in [7, 11) is 3.76. The smallest absolute Gasteiger partial charge is 0.255 e. The highest BCUT2D eigenvalue weighted by molar-refractivity contribution is 5.98. The Morgan fingerprint density at radius 1 is 1.27 bits per heavy atom. The van der Waals surface area contributed by atoms with Gasteiger partial charge < -0.3 is 15.0 Å². The molecule has 26 heavy (non-hydrogen) atoms. The monoisotopic (exact) mass is 355 g/mol. The van der Waals surface area contributed by atoms with Gasteiger partial charge in [-0.3, -0.25) is 14.7 Å². The molecule has 2 aromatic heterocycles. The van der Waals surface area contributed by atoms with Crippen molar-refractivity contribution in [2.24, 2.45) is 0 Å². The molecular formula is C19H25N5O2. The fourth-order valence-corrected chi connectivity index (χ4v) is 3.14. The van der Waals surface area contributed by atoms with E-state index in [0.29, 0.717) is 31.1 Å². The molecule has 138 valence electrons. The Kier molecular flexibility index (Phi) is 6.14. The van der Waals surface area contributed by atoms with Crippen molar-refractivity contribution in [2.45, 2.75) is 6.04 Å². The summed E-state index contributed by atoms with van der Waals surface area (Å²) in [4.78, 5) is 25.5. The van der Waals surface area contributed by atoms with E-state index in [1.807, 2.05) is 31.3 Å². The van der Waals surface area contributed by atoms with Crippen molar-refractivity contribution in [3.63, 3.8) is 0 Å². The third kappa shape index (κ3) is 4.36. The van der Waals surface area contributed by atoms with Crippen LogP contribution in [-0.4, -0.2) is 67.7 Å². The van der Waals surface area contributed by atoms with Crippen LogP contribution in [-0.2, 0) is 4.74 Å². The van der Waals surface area contributed by atoms with E-state index in [1.54, 1.807) is 24.5 Å². The zero-order chi connectivity index (χ0) is 18.4. The second-order valence-corrected chi connectivity index (χ2v) is 6.43. The lowest BCUT2D eigenvalue weighted by Gasteiger charge is -2.34. The van der Waals surface area contributed by atoms with Gasteiger partial charge in [-0.2, -0.15) is 0 Å². The number of hydrogen-bond acceptors (Lipinski definition) is 6. The number of nitrogens with one attached hydrogen (secondary N) is 1. The van der Waals surface area contributed by atoms with Crippen LogP contribution in [0, 0.1) is 0 Å². The number of aromatic nitrogens is 2. The molecule has 1 saturated heterocycles. The Morgan fingerprint density at radius 3 is 2.73 bits per heavy atom. The minimum Gasteiger partial charge on any atom is -0.379 e. The minimum absolute atomic E-state index is 0.0658. The maximum Gasteiger partial charge on any atom is 0.255 e. The van der Waals surface area contributed by atoms with E-state index in [1.165, 1.54) is 0 Å². The minimum atomic E-state index is -0.121. The van der Waals surface area contributed by atoms with Gasteiger partial charge in [-0.1, -0.05) is 6.07 Å². The molecule has 0 aliphatic carbocycles. The van der Waals surface area contributed by atoms with Crippen molar-refractivity contribution < 1.29 is 9.53 Å². The van der Waals surface area contributed by atoms with Crippen LogP contribution in [0.3, 0.4) is 0 Å². The second-order valence-electron chi connectivity index (χ2n) is 6.43. The van der Waals surface area contributed by atoms with Crippen molar-refractivity contribution >= 4 is 11.7 Å². The molecular weight excluding hydrogens is 330 g/mol. The standard InChI is InChI=1S/C19H25N5O2/c1-23(2)18-16(6-4-8-21-18)19(25)22-14-17(15-5-3-7-20-13-15)24-9-11-26-12-10-24/h3-8,13,17H,9-12,14H2,1-2H3,(H,22,25). The van der Waals surface area contributed by atoms with Crippen molar-refractivity contribution in [1.29, 1.82) is 0 Å². The molecule has 1 unspecified atom stereocenters. The number of carbonyl (C=O) groups is 1. The first-order chi connectivity index (χ1) is 12.7. The summed E-state index contributed by atoms with van der Waals surface area (Å²) in [6, 6.07) is 7.62. The summed E-state index contributed by atoms with van der Waals surface area (Å²) >= 11 is 0. The number of rotatable bonds is 6. The molecule has 1 fully saturated rings. The van der Waals surface area contributed by atoms with E-state index >= 15 is 0 Å². The van der Waals surface area contributed by atoms with Gasteiger partial charge in [0.2, 0.25) is 0 Å². The van der Waals surface area contributed by atoms with Crippen LogP contribution in [0.25, 0.3) is 0 Å². The molecule has 0 saturated carbocycles. The van der Waals surface area contributed by atoms with Crippen LogP contribution in [0.15, 0.2) is 42.9 Å². The van der Waals surface area contributed by atoms with E-state index in [2.05, 4.69) is 26.3 Å². The summed E-state index contributed by atoms with van der Waals surface area (Å²) in [6.07, 6.45) is 5.32. The Morgan fingerprint density at radius 2 is 2.04 bits per heavy atom. The Bertz CT molecular complexity index is 717. The fraction of sp³-hybridized carbons (Fsp3) is 0.421. The number of morpholine rings is 1. The molecule has 1 atom stereocenters. The van der Waals surface area contributed by atoms with E-state index < -0.39 is 0 Å². The van der Waals surface area contributed by atoms with Gasteiger partial charge in [-0.15, -0.1) is 0 Å². The van der Waals surface area contributed by atoms with Gasteiger partial charge in [0.05, 0.1) is 24.8 Å².